The molecule has 0 saturated carbocycles. The number of nitrogens with zero attached hydrogens (tertiary/aromatic N) is 1. The Hall–Kier alpha value is -3.83. The van der Waals surface area contributed by atoms with E-state index in [1.54, 1.807) is 17.4 Å². The van der Waals surface area contributed by atoms with Crippen LogP contribution in [0.1, 0.15) is 39.8 Å². The Morgan fingerprint density at radius 2 is 1.97 bits per heavy atom. The van der Waals surface area contributed by atoms with Crippen molar-refractivity contribution in [2.24, 2.45) is 11.7 Å². The molecule has 0 amide bonds. The average molecular weight is 511 g/mol. The third-order valence-electron chi connectivity index (χ3n) is 5.96. The molecule has 3 heterocycles. The summed E-state index contributed by atoms with van der Waals surface area (Å²) in [6.07, 6.45) is 13.3. The molecule has 0 aliphatic rings. The summed E-state index contributed by atoms with van der Waals surface area (Å²) >= 11 is 1.69. The maximum absolute atomic E-state index is 6.45. The number of hydrogen-bond donors (Lipinski definition) is 3. The first-order valence-electron chi connectivity index (χ1n) is 12.5. The Balaban J connectivity index is 1.89. The fourth-order valence-electron chi connectivity index (χ4n) is 4.16. The Bertz CT molecular complexity index is 1390. The average Bonchev–Trinajstić information content (AvgIpc) is 3.54. The molecule has 0 aromatic carbocycles. The van der Waals surface area contributed by atoms with Crippen molar-refractivity contribution in [1.82, 2.24) is 15.3 Å². The van der Waals surface area contributed by atoms with Crippen LogP contribution in [0.25, 0.3) is 21.5 Å². The summed E-state index contributed by atoms with van der Waals surface area (Å²) < 4.78 is 0. The molecule has 0 radical (unpaired) electrons. The first-order valence-corrected chi connectivity index (χ1v) is 13.4. The van der Waals surface area contributed by atoms with Gasteiger partial charge in [0, 0.05) is 46.3 Å². The van der Waals surface area contributed by atoms with E-state index in [9.17, 15) is 0 Å². The number of pyridine rings is 1. The molecule has 5 heteroatoms. The summed E-state index contributed by atoms with van der Waals surface area (Å²) in [6.45, 7) is 20.8. The second-order valence-electron chi connectivity index (χ2n) is 9.38. The number of hydrogen-bond acceptors (Lipinski definition) is 4. The van der Waals surface area contributed by atoms with Gasteiger partial charge in [-0.3, -0.25) is 4.98 Å². The third-order valence-corrected chi connectivity index (χ3v) is 6.83. The molecule has 0 unspecified atom stereocenters. The van der Waals surface area contributed by atoms with Crippen LogP contribution < -0.4 is 11.1 Å². The van der Waals surface area contributed by atoms with Gasteiger partial charge in [-0.2, -0.15) is 0 Å². The van der Waals surface area contributed by atoms with E-state index < -0.39 is 0 Å². The third kappa shape index (κ3) is 7.34. The Labute approximate surface area is 225 Å². The molecular formula is C32H38N4S. The van der Waals surface area contributed by atoms with Crippen LogP contribution in [-0.4, -0.2) is 9.97 Å². The maximum Gasteiger partial charge on any atom is 0.0895 e. The molecule has 0 bridgehead atoms. The van der Waals surface area contributed by atoms with Crippen LogP contribution >= 0.6 is 11.3 Å². The predicted molar refractivity (Wildman–Crippen MR) is 162 cm³/mol. The van der Waals surface area contributed by atoms with Gasteiger partial charge < -0.3 is 16.0 Å². The second kappa shape index (κ2) is 12.9. The minimum absolute atomic E-state index is 0.526. The number of nitrogens with two attached hydrogens (primary N) is 1. The van der Waals surface area contributed by atoms with Gasteiger partial charge in [0.15, 0.2) is 0 Å². The Morgan fingerprint density at radius 1 is 1.19 bits per heavy atom. The van der Waals surface area contributed by atoms with E-state index in [0.29, 0.717) is 12.3 Å². The summed E-state index contributed by atoms with van der Waals surface area (Å²) in [5.74, 6) is 0.526. The molecule has 37 heavy (non-hydrogen) atoms. The summed E-state index contributed by atoms with van der Waals surface area (Å²) in [5.41, 5.74) is 15.0. The van der Waals surface area contributed by atoms with Crippen molar-refractivity contribution in [3.63, 3.8) is 0 Å². The maximum atomic E-state index is 6.45. The molecule has 0 aliphatic carbocycles. The number of thiophene rings is 1. The van der Waals surface area contributed by atoms with E-state index in [0.717, 1.165) is 67.4 Å². The van der Waals surface area contributed by atoms with Gasteiger partial charge in [-0.1, -0.05) is 51.8 Å². The highest BCUT2D eigenvalue weighted by atomic mass is 32.1. The van der Waals surface area contributed by atoms with E-state index >= 15 is 0 Å². The van der Waals surface area contributed by atoms with Crippen molar-refractivity contribution in [1.29, 1.82) is 0 Å². The lowest BCUT2D eigenvalue weighted by atomic mass is 9.98. The summed E-state index contributed by atoms with van der Waals surface area (Å²) in [7, 11) is 0. The molecule has 0 fully saturated rings. The van der Waals surface area contributed by atoms with Crippen LogP contribution in [0.4, 0.5) is 0 Å². The monoisotopic (exact) mass is 510 g/mol. The molecule has 192 valence electrons. The number of H-pyrrole nitrogens is 1. The van der Waals surface area contributed by atoms with Gasteiger partial charge in [-0.05, 0) is 84.7 Å². The van der Waals surface area contributed by atoms with E-state index in [2.05, 4.69) is 72.5 Å². The zero-order valence-corrected chi connectivity index (χ0v) is 23.2. The van der Waals surface area contributed by atoms with Crippen LogP contribution in [0.5, 0.6) is 0 Å². The minimum Gasteiger partial charge on any atom is -0.399 e. The molecule has 3 aromatic rings. The zero-order chi connectivity index (χ0) is 26.9. The molecule has 0 saturated heterocycles. The number of rotatable bonds is 12. The standard InChI is InChI=1S/C32H38N4S/c1-8-24(18-26(9-2)35-23(7)16-21(4)5)22(6)17-25(29(33)10-3)19-27-20-28-30(36-27)13-14-34-32(28)31-12-11-15-37-31/h8-15,17-18,20-21,35-36H,2,6-7,16,19,33H2,1,3-5H3/b24-8+,25-17-,26-18+,29-10+. The fraction of sp³-hybridized carbons (Fsp3) is 0.219. The van der Waals surface area contributed by atoms with Crippen LogP contribution in [0.2, 0.25) is 0 Å². The molecule has 4 nitrogen and oxygen atoms in total. The van der Waals surface area contributed by atoms with Crippen LogP contribution in [-0.2, 0) is 6.42 Å². The largest absolute Gasteiger partial charge is 0.399 e. The van der Waals surface area contributed by atoms with E-state index in [-0.39, 0.29) is 0 Å². The van der Waals surface area contributed by atoms with Gasteiger partial charge >= 0.3 is 0 Å². The summed E-state index contributed by atoms with van der Waals surface area (Å²) in [4.78, 5) is 9.35. The van der Waals surface area contributed by atoms with E-state index in [4.69, 9.17) is 5.73 Å². The van der Waals surface area contributed by atoms with Crippen LogP contribution in [0.15, 0.2) is 120 Å². The zero-order valence-electron chi connectivity index (χ0n) is 22.4. The second-order valence-corrected chi connectivity index (χ2v) is 10.3. The molecule has 3 rings (SSSR count). The highest BCUT2D eigenvalue weighted by molar-refractivity contribution is 7.13. The molecule has 3 aromatic heterocycles. The summed E-state index contributed by atoms with van der Waals surface area (Å²) in [5, 5.41) is 6.56. The Kier molecular flexibility index (Phi) is 9.70. The molecule has 0 aliphatic heterocycles. The smallest absolute Gasteiger partial charge is 0.0895 e. The minimum atomic E-state index is 0.526. The first kappa shape index (κ1) is 27.8. The quantitative estimate of drug-likeness (QED) is 0.215. The lowest BCUT2D eigenvalue weighted by molar-refractivity contribution is 0.622. The topological polar surface area (TPSA) is 66.7 Å². The molecule has 0 atom stereocenters. The van der Waals surface area contributed by atoms with Gasteiger partial charge in [-0.15, -0.1) is 11.3 Å². The number of fused-ring (bicyclic) bond motifs is 1. The number of aromatic amines is 1. The lowest BCUT2D eigenvalue weighted by Gasteiger charge is -2.14. The van der Waals surface area contributed by atoms with Crippen molar-refractivity contribution >= 4 is 22.2 Å². The molecule has 4 N–H and O–H groups in total. The number of aromatic nitrogens is 2. The SMILES string of the molecule is C=C/C(=C\C(=C/C)C(=C)/C=C(Cc1cc2c(-c3cccs3)nccc2[nH]1)\C(N)=C/C)NC(=C)CC(C)C. The fourth-order valence-corrected chi connectivity index (χ4v) is 4.90. The van der Waals surface area contributed by atoms with Gasteiger partial charge in [0.25, 0.3) is 0 Å². The van der Waals surface area contributed by atoms with E-state index in [1.165, 1.54) is 0 Å². The van der Waals surface area contributed by atoms with E-state index in [1.807, 2.05) is 50.4 Å². The van der Waals surface area contributed by atoms with Gasteiger partial charge in [0.05, 0.1) is 10.6 Å². The first-order chi connectivity index (χ1) is 17.7. The molecular weight excluding hydrogens is 472 g/mol. The van der Waals surface area contributed by atoms with Gasteiger partial charge in [0.1, 0.15) is 0 Å². The number of nitrogens with one attached hydrogen (secondary N) is 2. The van der Waals surface area contributed by atoms with Gasteiger partial charge in [-0.25, -0.2) is 0 Å². The van der Waals surface area contributed by atoms with Crippen LogP contribution in [0, 0.1) is 5.92 Å². The van der Waals surface area contributed by atoms with Crippen molar-refractivity contribution in [2.75, 3.05) is 0 Å². The normalized spacial score (nSPS) is 13.3. The van der Waals surface area contributed by atoms with Crippen molar-refractivity contribution in [3.05, 3.63) is 125 Å². The van der Waals surface area contributed by atoms with Crippen molar-refractivity contribution in [2.45, 2.75) is 40.5 Å². The highest BCUT2D eigenvalue weighted by Gasteiger charge is 2.12. The predicted octanol–water partition coefficient (Wildman–Crippen LogP) is 8.34. The van der Waals surface area contributed by atoms with Gasteiger partial charge in [0.2, 0.25) is 0 Å². The van der Waals surface area contributed by atoms with Crippen LogP contribution in [0.3, 0.4) is 0 Å². The Morgan fingerprint density at radius 3 is 2.59 bits per heavy atom. The van der Waals surface area contributed by atoms with Crippen molar-refractivity contribution in [3.8, 4) is 10.6 Å². The lowest BCUT2D eigenvalue weighted by Crippen LogP contribution is -2.12. The highest BCUT2D eigenvalue weighted by Crippen LogP contribution is 2.31. The number of allylic oxidation sites excluding steroid dienone is 9. The molecule has 0 spiro atoms. The van der Waals surface area contributed by atoms with Crippen molar-refractivity contribution < 1.29 is 0 Å². The summed E-state index contributed by atoms with van der Waals surface area (Å²) in [6, 6.07) is 8.33.